The summed E-state index contributed by atoms with van der Waals surface area (Å²) in [5.74, 6) is -0.681. The van der Waals surface area contributed by atoms with Crippen LogP contribution in [-0.2, 0) is 11.2 Å². The highest BCUT2D eigenvalue weighted by atomic mass is 16.2. The normalized spacial score (nSPS) is 15.3. The van der Waals surface area contributed by atoms with Crippen molar-refractivity contribution in [2.24, 2.45) is 0 Å². The highest BCUT2D eigenvalue weighted by molar-refractivity contribution is 6.21. The summed E-state index contributed by atoms with van der Waals surface area (Å²) in [7, 11) is 0. The summed E-state index contributed by atoms with van der Waals surface area (Å²) in [6, 6.07) is 12.3. The van der Waals surface area contributed by atoms with Crippen LogP contribution in [0.3, 0.4) is 0 Å². The van der Waals surface area contributed by atoms with E-state index in [0.29, 0.717) is 29.7 Å². The molecule has 0 saturated carbocycles. The molecule has 0 unspecified atom stereocenters. The molecule has 2 aliphatic rings. The van der Waals surface area contributed by atoms with Crippen molar-refractivity contribution in [1.29, 1.82) is 0 Å². The largest absolute Gasteiger partial charge is 0.312 e. The Morgan fingerprint density at radius 3 is 2.34 bits per heavy atom. The van der Waals surface area contributed by atoms with E-state index >= 15 is 0 Å². The second-order valence-corrected chi connectivity index (χ2v) is 7.46. The Bertz CT molecular complexity index is 992. The summed E-state index contributed by atoms with van der Waals surface area (Å²) in [6.45, 7) is 2.34. The fourth-order valence-electron chi connectivity index (χ4n) is 4.02. The summed E-state index contributed by atoms with van der Waals surface area (Å²) in [6.07, 6.45) is 2.39. The van der Waals surface area contributed by atoms with Gasteiger partial charge in [0.25, 0.3) is 11.8 Å². The molecule has 0 aliphatic carbocycles. The minimum absolute atomic E-state index is 0.0311. The Morgan fingerprint density at radius 2 is 1.69 bits per heavy atom. The van der Waals surface area contributed by atoms with Crippen molar-refractivity contribution in [1.82, 2.24) is 4.90 Å². The SMILES string of the molecule is CC(=O)c1ccc2c(c1)N(C(=O)CCCN1C(=O)c3ccccc3C1=O)CCC2. The number of nitrogens with zero attached hydrogens (tertiary/aromatic N) is 2. The maximum atomic E-state index is 12.8. The van der Waals surface area contributed by atoms with Crippen molar-refractivity contribution in [3.63, 3.8) is 0 Å². The third kappa shape index (κ3) is 3.46. The maximum absolute atomic E-state index is 12.8. The van der Waals surface area contributed by atoms with Crippen molar-refractivity contribution < 1.29 is 19.2 Å². The fourth-order valence-corrected chi connectivity index (χ4v) is 4.02. The van der Waals surface area contributed by atoms with Crippen LogP contribution in [0.1, 0.15) is 62.8 Å². The summed E-state index contributed by atoms with van der Waals surface area (Å²) in [5.41, 5.74) is 3.30. The number of anilines is 1. The van der Waals surface area contributed by atoms with Crippen LogP contribution < -0.4 is 4.90 Å². The molecule has 6 nitrogen and oxygen atoms in total. The summed E-state index contributed by atoms with van der Waals surface area (Å²) >= 11 is 0. The smallest absolute Gasteiger partial charge is 0.261 e. The molecular formula is C23H22N2O4. The van der Waals surface area contributed by atoms with Crippen LogP contribution in [0.25, 0.3) is 0 Å². The van der Waals surface area contributed by atoms with E-state index in [9.17, 15) is 19.2 Å². The van der Waals surface area contributed by atoms with E-state index in [2.05, 4.69) is 0 Å². The third-order valence-electron chi connectivity index (χ3n) is 5.56. The van der Waals surface area contributed by atoms with Gasteiger partial charge in [-0.3, -0.25) is 24.1 Å². The number of Topliss-reactive ketones (excluding diaryl/α,β-unsaturated/α-hetero) is 1. The molecule has 4 rings (SSSR count). The molecule has 0 aromatic heterocycles. The first-order valence-electron chi connectivity index (χ1n) is 9.87. The molecule has 29 heavy (non-hydrogen) atoms. The molecule has 3 amide bonds. The number of carbonyl (C=O) groups is 4. The van der Waals surface area contributed by atoms with Crippen LogP contribution in [0.4, 0.5) is 5.69 Å². The number of carbonyl (C=O) groups excluding carboxylic acids is 4. The number of aryl methyl sites for hydroxylation is 1. The van der Waals surface area contributed by atoms with E-state index in [1.807, 2.05) is 6.07 Å². The lowest BCUT2D eigenvalue weighted by Crippen LogP contribution is -2.36. The molecule has 148 valence electrons. The van der Waals surface area contributed by atoms with E-state index in [0.717, 1.165) is 24.1 Å². The molecule has 2 heterocycles. The van der Waals surface area contributed by atoms with Gasteiger partial charge in [-0.1, -0.05) is 24.3 Å². The highest BCUT2D eigenvalue weighted by Gasteiger charge is 2.34. The molecule has 0 N–H and O–H groups in total. The number of imide groups is 1. The van der Waals surface area contributed by atoms with Gasteiger partial charge in [0.1, 0.15) is 0 Å². The van der Waals surface area contributed by atoms with E-state index in [1.165, 1.54) is 11.8 Å². The standard InChI is InChI=1S/C23H22N2O4/c1-15(26)17-11-10-16-6-4-12-24(20(16)14-17)21(27)9-5-13-25-22(28)18-7-2-3-8-19(18)23(25)29/h2-3,7-8,10-11,14H,4-6,9,12-13H2,1H3. The van der Waals surface area contributed by atoms with E-state index in [4.69, 9.17) is 0 Å². The molecule has 0 bridgehead atoms. The first-order chi connectivity index (χ1) is 14.0. The Kier molecular flexibility index (Phi) is 5.01. The molecule has 2 aliphatic heterocycles. The van der Waals surface area contributed by atoms with Gasteiger partial charge in [-0.2, -0.15) is 0 Å². The maximum Gasteiger partial charge on any atom is 0.261 e. The zero-order valence-electron chi connectivity index (χ0n) is 16.3. The third-order valence-corrected chi connectivity index (χ3v) is 5.56. The van der Waals surface area contributed by atoms with E-state index in [1.54, 1.807) is 41.3 Å². The zero-order valence-corrected chi connectivity index (χ0v) is 16.3. The average molecular weight is 390 g/mol. The lowest BCUT2D eigenvalue weighted by Gasteiger charge is -2.30. The molecular weight excluding hydrogens is 368 g/mol. The van der Waals surface area contributed by atoms with Gasteiger partial charge < -0.3 is 4.90 Å². The number of benzene rings is 2. The van der Waals surface area contributed by atoms with Gasteiger partial charge in [-0.15, -0.1) is 0 Å². The van der Waals surface area contributed by atoms with Crippen LogP contribution in [0.2, 0.25) is 0 Å². The monoisotopic (exact) mass is 390 g/mol. The Hall–Kier alpha value is -3.28. The minimum atomic E-state index is -0.299. The number of fused-ring (bicyclic) bond motifs is 2. The molecule has 0 atom stereocenters. The number of rotatable bonds is 5. The second kappa shape index (κ2) is 7.62. The number of amides is 3. The first kappa shape index (κ1) is 19.1. The molecule has 0 fully saturated rings. The number of ketones is 1. The molecule has 0 saturated heterocycles. The number of hydrogen-bond donors (Lipinski definition) is 0. The van der Waals surface area contributed by atoms with E-state index in [-0.39, 0.29) is 36.5 Å². The van der Waals surface area contributed by atoms with E-state index < -0.39 is 0 Å². The quantitative estimate of drug-likeness (QED) is 0.580. The molecule has 0 spiro atoms. The second-order valence-electron chi connectivity index (χ2n) is 7.46. The summed E-state index contributed by atoms with van der Waals surface area (Å²) < 4.78 is 0. The lowest BCUT2D eigenvalue weighted by molar-refractivity contribution is -0.118. The lowest BCUT2D eigenvalue weighted by atomic mass is 9.98. The zero-order chi connectivity index (χ0) is 20.5. The first-order valence-corrected chi connectivity index (χ1v) is 9.87. The van der Waals surface area contributed by atoms with Crippen LogP contribution >= 0.6 is 0 Å². The highest BCUT2D eigenvalue weighted by Crippen LogP contribution is 2.29. The van der Waals surface area contributed by atoms with Crippen LogP contribution in [0, 0.1) is 0 Å². The number of hydrogen-bond acceptors (Lipinski definition) is 4. The fraction of sp³-hybridized carbons (Fsp3) is 0.304. The van der Waals surface area contributed by atoms with Gasteiger partial charge in [0, 0.05) is 30.8 Å². The van der Waals surface area contributed by atoms with Crippen molar-refractivity contribution >= 4 is 29.2 Å². The van der Waals surface area contributed by atoms with Gasteiger partial charge in [0.2, 0.25) is 5.91 Å². The Balaban J connectivity index is 1.42. The predicted octanol–water partition coefficient (Wildman–Crippen LogP) is 3.24. The molecule has 0 radical (unpaired) electrons. The Morgan fingerprint density at radius 1 is 1.00 bits per heavy atom. The molecule has 6 heteroatoms. The van der Waals surface area contributed by atoms with Gasteiger partial charge in [0.15, 0.2) is 5.78 Å². The summed E-state index contributed by atoms with van der Waals surface area (Å²) in [5, 5.41) is 0. The Labute approximate surface area is 169 Å². The van der Waals surface area contributed by atoms with Gasteiger partial charge in [0.05, 0.1) is 11.1 Å². The van der Waals surface area contributed by atoms with Gasteiger partial charge in [-0.25, -0.2) is 0 Å². The van der Waals surface area contributed by atoms with Crippen molar-refractivity contribution in [2.45, 2.75) is 32.6 Å². The van der Waals surface area contributed by atoms with Gasteiger partial charge >= 0.3 is 0 Å². The molecule has 2 aromatic rings. The summed E-state index contributed by atoms with van der Waals surface area (Å²) in [4.78, 5) is 52.4. The van der Waals surface area contributed by atoms with Crippen molar-refractivity contribution in [3.05, 3.63) is 64.7 Å². The van der Waals surface area contributed by atoms with Gasteiger partial charge in [-0.05, 0) is 49.9 Å². The minimum Gasteiger partial charge on any atom is -0.312 e. The average Bonchev–Trinajstić information content (AvgIpc) is 2.97. The van der Waals surface area contributed by atoms with Crippen molar-refractivity contribution in [2.75, 3.05) is 18.0 Å². The topological polar surface area (TPSA) is 74.8 Å². The van der Waals surface area contributed by atoms with Crippen LogP contribution in [-0.4, -0.2) is 41.5 Å². The van der Waals surface area contributed by atoms with Crippen LogP contribution in [0.15, 0.2) is 42.5 Å². The molecule has 2 aromatic carbocycles. The predicted molar refractivity (Wildman–Crippen MR) is 108 cm³/mol. The van der Waals surface area contributed by atoms with Crippen molar-refractivity contribution in [3.8, 4) is 0 Å². The van der Waals surface area contributed by atoms with Crippen LogP contribution in [0.5, 0.6) is 0 Å².